The van der Waals surface area contributed by atoms with E-state index < -0.39 is 159 Å². The molecule has 4 heterocycles. The number of hydrogen-bond acceptors (Lipinski definition) is 28. The predicted molar refractivity (Wildman–Crippen MR) is 509 cm³/mol. The number of hydrogen-bond donors (Lipinski definition) is 0. The van der Waals surface area contributed by atoms with Crippen molar-refractivity contribution in [2.75, 3.05) is 38.9 Å². The maximum atomic E-state index is 15.4. The molecule has 4 aliphatic rings. The summed E-state index contributed by atoms with van der Waals surface area (Å²) >= 11 is 0. The van der Waals surface area contributed by atoms with Gasteiger partial charge < -0.3 is 94.7 Å². The second-order valence-electron chi connectivity index (χ2n) is 32.9. The first kappa shape index (κ1) is 98.6. The molecule has 138 heavy (non-hydrogen) atoms. The molecule has 0 N–H and O–H groups in total. The van der Waals surface area contributed by atoms with Crippen LogP contribution in [0.4, 0.5) is 0 Å². The van der Waals surface area contributed by atoms with Crippen LogP contribution in [0.15, 0.2) is 364 Å². The van der Waals surface area contributed by atoms with Crippen molar-refractivity contribution in [2.24, 2.45) is 0 Å². The van der Waals surface area contributed by atoms with Gasteiger partial charge in [0.15, 0.2) is 61.8 Å². The Labute approximate surface area is 808 Å². The molecule has 0 spiro atoms. The van der Waals surface area contributed by atoms with Crippen LogP contribution in [0.1, 0.15) is 95.5 Å². The standard InChI is InChI=1S/C110H106O26S2/c1-117-107-97(123-67-77-47-23-7-24-48-77)93(89(121-65-75-43-19-5-20-44-75)85(125-107)69-119-63-73-39-15-3-16-40-73)135-109-99(133-105(115)83-59-35-13-36-60-83)95(131-103(113)81-55-31-11-32-56-81)91(129-101(111)79-51-27-9-28-52-79)87(127-109)71-137-138-72-88-92(130-102(112)80-53-29-10-30-54-80)96(132-104(114)82-57-33-12-34-58-82)100(134-106(116)84-61-37-14-38-62-84)110(128-88)136-94-90(122-66-76-45-21-6-22-46-76)86(70-120-64-74-41-17-4-18-42-74)126-108(118-2)98(94)124-68-78-49-25-8-26-50-78/h3-62,85-100,107-110H,63-72H2,1-2H3/t85-,86-,87-,88-,89+,90+,91-,92-,93+,94+,95+,96+,97-,98?,99-,100-,107+,108-,109+,110+/m1/s1. The first-order valence-electron chi connectivity index (χ1n) is 45.5. The Morgan fingerprint density at radius 2 is 0.420 bits per heavy atom. The lowest BCUT2D eigenvalue weighted by atomic mass is 9.96. The van der Waals surface area contributed by atoms with Gasteiger partial charge in [0, 0.05) is 25.7 Å². The highest BCUT2D eigenvalue weighted by Crippen LogP contribution is 2.43. The molecule has 0 aromatic heterocycles. The molecule has 0 saturated carbocycles. The van der Waals surface area contributed by atoms with Gasteiger partial charge >= 0.3 is 35.8 Å². The summed E-state index contributed by atoms with van der Waals surface area (Å²) < 4.78 is 139. The summed E-state index contributed by atoms with van der Waals surface area (Å²) in [6.07, 6.45) is -29.6. The van der Waals surface area contributed by atoms with Gasteiger partial charge in [-0.15, -0.1) is 0 Å². The van der Waals surface area contributed by atoms with Crippen molar-refractivity contribution in [1.29, 1.82) is 0 Å². The maximum absolute atomic E-state index is 15.4. The monoisotopic (exact) mass is 1910 g/mol. The van der Waals surface area contributed by atoms with E-state index in [0.29, 0.717) is 0 Å². The number of carbonyl (C=O) groups excluding carboxylic acids is 6. The van der Waals surface area contributed by atoms with Crippen LogP contribution in [0.2, 0.25) is 0 Å². The van der Waals surface area contributed by atoms with E-state index in [1.807, 2.05) is 182 Å². The van der Waals surface area contributed by atoms with Crippen molar-refractivity contribution < 1.29 is 124 Å². The average Bonchev–Trinajstić information content (AvgIpc) is 0.762. The fraction of sp³-hybridized carbons (Fsp3) is 0.291. The Bertz CT molecular complexity index is 5370. The van der Waals surface area contributed by atoms with E-state index in [0.717, 1.165) is 55.0 Å². The lowest BCUT2D eigenvalue weighted by Crippen LogP contribution is -2.67. The molecule has 1 unspecified atom stereocenters. The van der Waals surface area contributed by atoms with E-state index >= 15 is 28.8 Å². The zero-order valence-electron chi connectivity index (χ0n) is 75.7. The molecule has 28 heteroatoms. The third kappa shape index (κ3) is 26.9. The Morgan fingerprint density at radius 3 is 0.659 bits per heavy atom. The topological polar surface area (TPSA) is 287 Å². The minimum Gasteiger partial charge on any atom is -0.452 e. The van der Waals surface area contributed by atoms with E-state index in [1.54, 1.807) is 158 Å². The Hall–Kier alpha value is -12.4. The van der Waals surface area contributed by atoms with E-state index in [9.17, 15) is 0 Å². The average molecular weight is 1910 g/mol. The van der Waals surface area contributed by atoms with E-state index in [1.165, 1.54) is 38.5 Å². The van der Waals surface area contributed by atoms with Crippen LogP contribution < -0.4 is 0 Å². The van der Waals surface area contributed by atoms with Crippen molar-refractivity contribution in [3.63, 3.8) is 0 Å². The van der Waals surface area contributed by atoms with Gasteiger partial charge in [-0.2, -0.15) is 0 Å². The quantitative estimate of drug-likeness (QED) is 0.0148. The summed E-state index contributed by atoms with van der Waals surface area (Å²) in [7, 11) is 5.17. The Balaban J connectivity index is 0.819. The van der Waals surface area contributed by atoms with Gasteiger partial charge in [-0.05, 0) is 106 Å². The van der Waals surface area contributed by atoms with Crippen molar-refractivity contribution >= 4 is 57.4 Å². The molecule has 0 aliphatic carbocycles. The summed E-state index contributed by atoms with van der Waals surface area (Å²) in [6.45, 7) is 0.0168. The Morgan fingerprint density at radius 1 is 0.217 bits per heavy atom. The van der Waals surface area contributed by atoms with E-state index in [-0.39, 0.29) is 97.7 Å². The van der Waals surface area contributed by atoms with Crippen molar-refractivity contribution in [1.82, 2.24) is 0 Å². The largest absolute Gasteiger partial charge is 0.452 e. The van der Waals surface area contributed by atoms with Gasteiger partial charge in [-0.3, -0.25) is 0 Å². The SMILES string of the molecule is CO[C@@H]1O[C@H](COCc2ccccc2)[C@H](OCc2ccccc2)[C@H](O[C@@H]2O[C@H](CSSC[C@H]3O[C@@H](O[C@H]4[C@@H](OCc5ccccc5)[C@@H](COCc5ccccc5)O[C@H](OC)[C@@H]4OCc4ccccc4)[C@H](OC(=O)c4ccccc4)[C@@H](OC(=O)c4ccccc4)[C@@H]3OC(=O)c3ccccc3)[C@@H](OC(=O)c3ccccc3)[C@H](OC(=O)c3ccccc3)[C@H]2OC(=O)c2ccccc2)C1OCc1ccccc1. The molecule has 4 saturated heterocycles. The fourth-order valence-electron chi connectivity index (χ4n) is 16.5. The molecule has 0 bridgehead atoms. The number of methoxy groups -OCH3 is 2. The Kier molecular flexibility index (Phi) is 36.3. The summed E-state index contributed by atoms with van der Waals surface area (Å²) in [5.41, 5.74) is 5.24. The molecule has 20 atom stereocenters. The van der Waals surface area contributed by atoms with Crippen LogP contribution in [0.3, 0.4) is 0 Å². The van der Waals surface area contributed by atoms with Crippen molar-refractivity contribution in [2.45, 2.75) is 162 Å². The van der Waals surface area contributed by atoms with Gasteiger partial charge in [0.2, 0.25) is 0 Å². The fourth-order valence-corrected chi connectivity index (χ4v) is 18.8. The number of benzene rings is 12. The second kappa shape index (κ2) is 50.8. The highest BCUT2D eigenvalue weighted by Gasteiger charge is 2.60. The summed E-state index contributed by atoms with van der Waals surface area (Å²) in [5.74, 6) is -5.99. The third-order valence-corrected chi connectivity index (χ3v) is 25.8. The summed E-state index contributed by atoms with van der Waals surface area (Å²) in [4.78, 5) is 92.3. The van der Waals surface area contributed by atoms with Crippen LogP contribution in [0.25, 0.3) is 0 Å². The third-order valence-electron chi connectivity index (χ3n) is 23.4. The molecule has 0 radical (unpaired) electrons. The van der Waals surface area contributed by atoms with Crippen LogP contribution in [-0.2, 0) is 134 Å². The minimum absolute atomic E-state index is 0.0154. The number of carbonyl (C=O) groups is 6. The molecule has 4 aliphatic heterocycles. The van der Waals surface area contributed by atoms with Gasteiger partial charge in [0.05, 0.1) is 86.2 Å². The van der Waals surface area contributed by atoms with Crippen LogP contribution in [0, 0.1) is 0 Å². The van der Waals surface area contributed by atoms with Gasteiger partial charge in [0.1, 0.15) is 61.0 Å². The van der Waals surface area contributed by atoms with Crippen LogP contribution in [-0.4, -0.2) is 198 Å². The molecule has 0 amide bonds. The van der Waals surface area contributed by atoms with E-state index in [4.69, 9.17) is 94.7 Å². The lowest BCUT2D eigenvalue weighted by molar-refractivity contribution is -0.364. The van der Waals surface area contributed by atoms with E-state index in [2.05, 4.69) is 0 Å². The molecule has 4 fully saturated rings. The first-order valence-corrected chi connectivity index (χ1v) is 48.0. The molecule has 26 nitrogen and oxygen atoms in total. The molecule has 12 aromatic rings. The number of ether oxygens (including phenoxy) is 20. The molecule has 714 valence electrons. The molecule has 12 aromatic carbocycles. The highest BCUT2D eigenvalue weighted by atomic mass is 33.1. The smallest absolute Gasteiger partial charge is 0.338 e. The van der Waals surface area contributed by atoms with Gasteiger partial charge in [-0.1, -0.05) is 313 Å². The van der Waals surface area contributed by atoms with Gasteiger partial charge in [0.25, 0.3) is 0 Å². The summed E-state index contributed by atoms with van der Waals surface area (Å²) in [6, 6.07) is 106. The predicted octanol–water partition coefficient (Wildman–Crippen LogP) is 17.5. The summed E-state index contributed by atoms with van der Waals surface area (Å²) in [5, 5.41) is 0. The number of rotatable bonds is 43. The van der Waals surface area contributed by atoms with Crippen LogP contribution >= 0.6 is 21.6 Å². The normalized spacial score (nSPS) is 24.6. The maximum Gasteiger partial charge on any atom is 0.338 e. The molecular weight excluding hydrogens is 1800 g/mol. The highest BCUT2D eigenvalue weighted by molar-refractivity contribution is 8.76. The lowest BCUT2D eigenvalue weighted by Gasteiger charge is -2.49. The number of esters is 6. The minimum atomic E-state index is -1.86. The zero-order valence-corrected chi connectivity index (χ0v) is 77.3. The van der Waals surface area contributed by atoms with Crippen molar-refractivity contribution in [3.8, 4) is 0 Å². The molecule has 16 rings (SSSR count). The van der Waals surface area contributed by atoms with Gasteiger partial charge in [-0.25, -0.2) is 28.8 Å². The molecular formula is C110H106O26S2. The second-order valence-corrected chi connectivity index (χ2v) is 35.4. The first-order chi connectivity index (χ1) is 67.8. The zero-order chi connectivity index (χ0) is 95.0. The van der Waals surface area contributed by atoms with Crippen molar-refractivity contribution in [3.05, 3.63) is 431 Å². The van der Waals surface area contributed by atoms with Crippen LogP contribution in [0.5, 0.6) is 0 Å².